The zero-order chi connectivity index (χ0) is 96.5. The van der Waals surface area contributed by atoms with E-state index in [0.717, 1.165) is 174 Å². The molecule has 11 aromatic carbocycles. The molecule has 0 saturated carbocycles. The molecule has 0 spiro atoms. The highest BCUT2D eigenvalue weighted by atomic mass is 35.5. The summed E-state index contributed by atoms with van der Waals surface area (Å²) in [5.41, 5.74) is 22.6. The molecule has 4 heterocycles. The fraction of sp³-hybridized carbons (Fsp3) is 0.291. The van der Waals surface area contributed by atoms with Crippen molar-refractivity contribution >= 4 is 110 Å². The van der Waals surface area contributed by atoms with Gasteiger partial charge in [-0.15, -0.1) is 0 Å². The van der Waals surface area contributed by atoms with Crippen LogP contribution in [-0.4, -0.2) is 78.0 Å². The van der Waals surface area contributed by atoms with Gasteiger partial charge in [-0.3, -0.25) is 38.4 Å². The number of carbonyl (C=O) groups excluding carboxylic acids is 8. The lowest BCUT2D eigenvalue weighted by Gasteiger charge is -2.40. The molecule has 0 aromatic heterocycles. The number of fused-ring (bicyclic) bond motifs is 4. The molecule has 20 nitrogen and oxygen atoms in total. The third kappa shape index (κ3) is 25.6. The van der Waals surface area contributed by atoms with E-state index in [4.69, 9.17) is 11.6 Å². The van der Waals surface area contributed by atoms with Crippen LogP contribution in [-0.2, 0) is 57.5 Å². The van der Waals surface area contributed by atoms with Gasteiger partial charge in [-0.1, -0.05) is 166 Å². The number of rotatable bonds is 22. The molecule has 0 radical (unpaired) electrons. The summed E-state index contributed by atoms with van der Waals surface area (Å²) >= 11 is 6.03. The van der Waals surface area contributed by atoms with Crippen molar-refractivity contribution < 1.29 is 51.5 Å². The van der Waals surface area contributed by atoms with Crippen LogP contribution in [0.2, 0.25) is 5.02 Å². The van der Waals surface area contributed by atoms with Gasteiger partial charge in [-0.05, 0) is 283 Å². The van der Waals surface area contributed by atoms with Crippen LogP contribution in [0.4, 0.5) is 58.7 Å². The Morgan fingerprint density at radius 2 is 0.694 bits per heavy atom. The lowest BCUT2D eigenvalue weighted by Crippen LogP contribution is -2.44. The van der Waals surface area contributed by atoms with Crippen LogP contribution in [0.1, 0.15) is 198 Å². The number of amides is 8. The highest BCUT2D eigenvalue weighted by molar-refractivity contribution is 6.30. The first kappa shape index (κ1) is 99.3. The second-order valence-corrected chi connectivity index (χ2v) is 35.8. The minimum absolute atomic E-state index is 0.0420. The number of halogens is 4. The molecule has 11 aromatic rings. The molecule has 0 bridgehead atoms. The molecule has 0 aliphatic carbocycles. The first-order chi connectivity index (χ1) is 63.8. The minimum atomic E-state index is -4.41. The predicted molar refractivity (Wildman–Crippen MR) is 536 cm³/mol. The summed E-state index contributed by atoms with van der Waals surface area (Å²) in [6.45, 7) is 34.7. The molecule has 8 atom stereocenters. The zero-order valence-corrected chi connectivity index (χ0v) is 79.3. The number of allylic oxidation sites excluding steroid dienone is 1. The Morgan fingerprint density at radius 3 is 1.02 bits per heavy atom. The van der Waals surface area contributed by atoms with Crippen molar-refractivity contribution in [2.75, 3.05) is 47.4 Å². The van der Waals surface area contributed by atoms with E-state index in [1.807, 2.05) is 185 Å². The average Bonchev–Trinajstić information content (AvgIpc) is 0.949. The monoisotopic (exact) mass is 1830 g/mol. The smallest absolute Gasteiger partial charge is 0.382 e. The van der Waals surface area contributed by atoms with Crippen LogP contribution in [0, 0.1) is 5.92 Å². The number of hydrogen-bond donors (Lipinski definition) is 8. The van der Waals surface area contributed by atoms with Gasteiger partial charge in [0.25, 0.3) is 0 Å². The van der Waals surface area contributed by atoms with E-state index < -0.39 is 11.7 Å². The van der Waals surface area contributed by atoms with E-state index in [9.17, 15) is 51.5 Å². The molecule has 696 valence electrons. The molecule has 134 heavy (non-hydrogen) atoms. The Morgan fingerprint density at radius 1 is 0.373 bits per heavy atom. The van der Waals surface area contributed by atoms with Crippen LogP contribution in [0.3, 0.4) is 0 Å². The lowest BCUT2D eigenvalue weighted by molar-refractivity contribution is -0.137. The third-order valence-electron chi connectivity index (χ3n) is 24.4. The van der Waals surface area contributed by atoms with E-state index in [2.05, 4.69) is 145 Å². The topological polar surface area (TPSA) is 246 Å². The van der Waals surface area contributed by atoms with Crippen LogP contribution in [0.25, 0.3) is 50.2 Å². The number of alkyl halides is 3. The van der Waals surface area contributed by atoms with Crippen LogP contribution in [0.15, 0.2) is 268 Å². The second-order valence-electron chi connectivity index (χ2n) is 35.3. The number of nitrogens with one attached hydrogen (secondary N) is 8. The van der Waals surface area contributed by atoms with Gasteiger partial charge in [0.2, 0.25) is 47.3 Å². The van der Waals surface area contributed by atoms with E-state index in [0.29, 0.717) is 35.8 Å². The van der Waals surface area contributed by atoms with Crippen molar-refractivity contribution in [1.82, 2.24) is 21.3 Å². The maximum atomic E-state index is 13.0. The fourth-order valence-electron chi connectivity index (χ4n) is 18.3. The first-order valence-electron chi connectivity index (χ1n) is 45.5. The molecule has 4 aliphatic rings. The standard InChI is InChI=1S/C29H28F3N3O2.C29H33N3O2.C27H28ClN3O2.C25H31N3O2/c1-17-14-27(33-18(2)21-8-11-24(12-9-21)29(30,31)32)26-16-23(10-13-28(26)35(17)20(4)37)22-6-5-7-25(15-22)34-19(3)36;1-20-17-28(30-16-8-11-23-9-5-4-6-10-23)27-19-25(14-15-29(27)32(20)22(3)34)24-12-7-13-26(18-24)31-21(2)33;1-17-13-26(29-16-20-7-10-23(28)11-8-20)25-15-22(9-12-27(25)31(17)19(3)33)21-5-4-6-24(14-21)30-18(2)32;1-15(2)17(4)26-24-12-16(3)28(19(6)30)25-11-10-21(14-23(24)25)20-8-7-9-22(13-20)27-18(5)29/h5-13,15-17,27,33H,2,14H2,1,3-4H3,(H,34,36);4-7,9-10,12-15,18-20,28,30H,8,11,16-17H2,1-3H3,(H,31,33);4-12,14-15,17,26,29H,13,16H2,1-3H3,(H,30,32);7-11,13-16,24,26H,4,12H2,1-3,5-6H3,(H,27,29)/t17-,27+;20-,28+;17-,26+;16-,24+/m0000/s1. The van der Waals surface area contributed by atoms with Crippen molar-refractivity contribution in [3.8, 4) is 44.5 Å². The summed E-state index contributed by atoms with van der Waals surface area (Å²) in [5, 5.41) is 26.5. The first-order valence-corrected chi connectivity index (χ1v) is 45.8. The Labute approximate surface area is 789 Å². The Bertz CT molecular complexity index is 6140. The number of hydrogen-bond acceptors (Lipinski definition) is 12. The van der Waals surface area contributed by atoms with E-state index in [1.165, 1.54) is 52.3 Å². The van der Waals surface area contributed by atoms with Gasteiger partial charge in [-0.25, -0.2) is 0 Å². The number of carbonyl (C=O) groups is 8. The second kappa shape index (κ2) is 44.7. The summed E-state index contributed by atoms with van der Waals surface area (Å²) in [5.74, 6) is -0.0491. The molecule has 4 aliphatic heterocycles. The van der Waals surface area contributed by atoms with Crippen molar-refractivity contribution in [2.24, 2.45) is 5.92 Å². The molecule has 0 saturated heterocycles. The van der Waals surface area contributed by atoms with Gasteiger partial charge in [0, 0.05) is 160 Å². The van der Waals surface area contributed by atoms with Gasteiger partial charge in [0.15, 0.2) is 0 Å². The quantitative estimate of drug-likeness (QED) is 0.0295. The number of anilines is 8. The molecular formula is C110H120ClF3N12O8. The zero-order valence-electron chi connectivity index (χ0n) is 78.5. The van der Waals surface area contributed by atoms with Crippen molar-refractivity contribution in [2.45, 2.75) is 197 Å². The summed E-state index contributed by atoms with van der Waals surface area (Å²) in [6, 6.07) is 79.1. The van der Waals surface area contributed by atoms with Crippen molar-refractivity contribution in [3.63, 3.8) is 0 Å². The van der Waals surface area contributed by atoms with Gasteiger partial charge < -0.3 is 62.1 Å². The molecule has 8 N–H and O–H groups in total. The Kier molecular flexibility index (Phi) is 33.1. The highest BCUT2D eigenvalue weighted by Crippen LogP contribution is 2.46. The molecule has 0 unspecified atom stereocenters. The van der Waals surface area contributed by atoms with Crippen molar-refractivity contribution in [1.29, 1.82) is 0 Å². The van der Waals surface area contributed by atoms with Gasteiger partial charge in [0.1, 0.15) is 0 Å². The molecule has 15 rings (SSSR count). The number of benzene rings is 11. The van der Waals surface area contributed by atoms with Gasteiger partial charge in [-0.2, -0.15) is 13.2 Å². The molecular weight excluding hydrogens is 1710 g/mol. The summed E-state index contributed by atoms with van der Waals surface area (Å²) in [7, 11) is 0. The molecule has 24 heteroatoms. The largest absolute Gasteiger partial charge is 0.416 e. The normalized spacial score (nSPS) is 17.4. The average molecular weight is 1830 g/mol. The minimum Gasteiger partial charge on any atom is -0.382 e. The predicted octanol–water partition coefficient (Wildman–Crippen LogP) is 23.7. The maximum absolute atomic E-state index is 13.0. The van der Waals surface area contributed by atoms with Crippen LogP contribution in [0.5, 0.6) is 0 Å². The van der Waals surface area contributed by atoms with E-state index in [-0.39, 0.29) is 95.6 Å². The summed E-state index contributed by atoms with van der Waals surface area (Å²) < 4.78 is 38.9. The van der Waals surface area contributed by atoms with Gasteiger partial charge in [0.05, 0.1) is 17.6 Å². The summed E-state index contributed by atoms with van der Waals surface area (Å²) in [4.78, 5) is 103. The van der Waals surface area contributed by atoms with E-state index >= 15 is 0 Å². The molecule has 8 amide bonds. The molecule has 0 fully saturated rings. The van der Waals surface area contributed by atoms with Gasteiger partial charge >= 0.3 is 6.18 Å². The van der Waals surface area contributed by atoms with Crippen LogP contribution < -0.4 is 62.1 Å². The third-order valence-corrected chi connectivity index (χ3v) is 24.7. The highest BCUT2D eigenvalue weighted by Gasteiger charge is 2.38. The lowest BCUT2D eigenvalue weighted by atomic mass is 9.88. The van der Waals surface area contributed by atoms with E-state index in [1.54, 1.807) is 31.7 Å². The number of nitrogens with zero attached hydrogens (tertiary/aromatic N) is 4. The SMILES string of the molecule is C=C(N[C@@H]1C[C@H](C)N(C(C)=O)c2ccc(-c3cccc(NC(C)=O)c3)cc21)C(C)C.C=C(N[C@@H]1C[C@H](C)N(C(C)=O)c2ccc(-c3cccc(NC(C)=O)c3)cc21)c1ccc(C(F)(F)F)cc1.CC(=O)Nc1cccc(-c2ccc3c(c2)[C@H](NCCCc2ccccc2)C[C@H](C)N3C(C)=O)c1.CC(=O)Nc1cccc(-c2ccc3c(c2)[C@H](NCc2ccc(Cl)cc2)C[C@H](C)N3C(C)=O)c1. The Balaban J connectivity index is 0.000000161. The van der Waals surface area contributed by atoms with Crippen molar-refractivity contribution in [3.05, 3.63) is 317 Å². The maximum Gasteiger partial charge on any atom is 0.416 e. The Hall–Kier alpha value is -13.7. The van der Waals surface area contributed by atoms with Crippen LogP contribution >= 0.6 is 11.6 Å². The fourth-order valence-corrected chi connectivity index (χ4v) is 18.4. The number of aryl methyl sites for hydroxylation is 1. The summed E-state index contributed by atoms with van der Waals surface area (Å²) in [6.07, 6.45) is 0.768.